The van der Waals surface area contributed by atoms with Crippen molar-refractivity contribution >= 4 is 39.1 Å². The van der Waals surface area contributed by atoms with Gasteiger partial charge in [0.1, 0.15) is 0 Å². The molecule has 1 heterocycles. The van der Waals surface area contributed by atoms with E-state index in [1.54, 1.807) is 0 Å². The third kappa shape index (κ3) is 5.48. The molecule has 8 heteroatoms. The molecule has 0 radical (unpaired) electrons. The number of amides is 2. The summed E-state index contributed by atoms with van der Waals surface area (Å²) in [5.74, 6) is 0.494. The van der Waals surface area contributed by atoms with E-state index in [1.807, 2.05) is 29.2 Å². The molecule has 1 saturated carbocycles. The summed E-state index contributed by atoms with van der Waals surface area (Å²) in [5.41, 5.74) is 0.724. The molecule has 0 spiro atoms. The fourth-order valence-corrected chi connectivity index (χ4v) is 6.42. The molecule has 1 aliphatic carbocycles. The van der Waals surface area contributed by atoms with Crippen LogP contribution in [0.15, 0.2) is 29.2 Å². The van der Waals surface area contributed by atoms with Gasteiger partial charge in [-0.15, -0.1) is 11.8 Å². The van der Waals surface area contributed by atoms with Gasteiger partial charge in [0.25, 0.3) is 0 Å². The van der Waals surface area contributed by atoms with Gasteiger partial charge in [0.05, 0.1) is 17.3 Å². The van der Waals surface area contributed by atoms with E-state index >= 15 is 0 Å². The number of hydrogen-bond acceptors (Lipinski definition) is 5. The van der Waals surface area contributed by atoms with Crippen molar-refractivity contribution in [1.29, 1.82) is 0 Å². The first-order valence-electron chi connectivity index (χ1n) is 9.36. The molecule has 6 nitrogen and oxygen atoms in total. The lowest BCUT2D eigenvalue weighted by atomic mass is 10.1. The van der Waals surface area contributed by atoms with E-state index in [-0.39, 0.29) is 35.4 Å². The van der Waals surface area contributed by atoms with Crippen molar-refractivity contribution in [3.8, 4) is 0 Å². The Bertz CT molecular complexity index is 786. The van der Waals surface area contributed by atoms with Gasteiger partial charge in [-0.1, -0.05) is 12.8 Å². The third-order valence-electron chi connectivity index (χ3n) is 5.14. The molecule has 2 aliphatic rings. The summed E-state index contributed by atoms with van der Waals surface area (Å²) in [7, 11) is -3.02. The van der Waals surface area contributed by atoms with E-state index in [0.717, 1.165) is 36.3 Å². The summed E-state index contributed by atoms with van der Waals surface area (Å²) >= 11 is 1.45. The Balaban J connectivity index is 1.63. The van der Waals surface area contributed by atoms with Crippen LogP contribution in [0.2, 0.25) is 0 Å². The van der Waals surface area contributed by atoms with Crippen LogP contribution in [0.5, 0.6) is 0 Å². The van der Waals surface area contributed by atoms with Gasteiger partial charge in [-0.25, -0.2) is 8.42 Å². The molecular weight excluding hydrogens is 384 g/mol. The van der Waals surface area contributed by atoms with Crippen molar-refractivity contribution in [2.45, 2.75) is 56.0 Å². The molecule has 1 atom stereocenters. The predicted molar refractivity (Wildman–Crippen MR) is 108 cm³/mol. The van der Waals surface area contributed by atoms with Crippen LogP contribution < -0.4 is 5.32 Å². The van der Waals surface area contributed by atoms with Crippen molar-refractivity contribution in [3.05, 3.63) is 24.3 Å². The van der Waals surface area contributed by atoms with Crippen LogP contribution in [0, 0.1) is 0 Å². The number of carbonyl (C=O) groups excluding carboxylic acids is 2. The van der Waals surface area contributed by atoms with Crippen LogP contribution in [0.25, 0.3) is 0 Å². The average molecular weight is 411 g/mol. The molecule has 1 saturated heterocycles. The van der Waals surface area contributed by atoms with Gasteiger partial charge < -0.3 is 10.2 Å². The first kappa shape index (κ1) is 20.2. The van der Waals surface area contributed by atoms with Crippen molar-refractivity contribution in [2.24, 2.45) is 0 Å². The lowest BCUT2D eigenvalue weighted by molar-refractivity contribution is -0.132. The Kier molecular flexibility index (Phi) is 6.47. The molecule has 148 valence electrons. The van der Waals surface area contributed by atoms with Gasteiger partial charge in [0, 0.05) is 29.6 Å². The van der Waals surface area contributed by atoms with Crippen LogP contribution in [0.1, 0.15) is 39.0 Å². The molecule has 1 N–H and O–H groups in total. The Morgan fingerprint density at radius 1 is 1.11 bits per heavy atom. The minimum Gasteiger partial charge on any atom is -0.335 e. The molecule has 0 unspecified atom stereocenters. The van der Waals surface area contributed by atoms with Crippen molar-refractivity contribution in [1.82, 2.24) is 4.90 Å². The number of carbonyl (C=O) groups is 2. The monoisotopic (exact) mass is 410 g/mol. The maximum Gasteiger partial charge on any atom is 0.233 e. The zero-order chi connectivity index (χ0) is 19.4. The number of rotatable bonds is 6. The summed E-state index contributed by atoms with van der Waals surface area (Å²) in [6.45, 7) is 1.46. The molecule has 3 rings (SSSR count). The minimum atomic E-state index is -3.02. The summed E-state index contributed by atoms with van der Waals surface area (Å²) in [6.07, 6.45) is 4.70. The van der Waals surface area contributed by atoms with Crippen LogP contribution in [0.4, 0.5) is 5.69 Å². The van der Waals surface area contributed by atoms with Crippen LogP contribution in [0.3, 0.4) is 0 Å². The van der Waals surface area contributed by atoms with E-state index < -0.39 is 9.84 Å². The molecule has 1 aromatic rings. The largest absolute Gasteiger partial charge is 0.335 e. The Labute approximate surface area is 165 Å². The van der Waals surface area contributed by atoms with Crippen LogP contribution >= 0.6 is 11.8 Å². The van der Waals surface area contributed by atoms with Crippen LogP contribution in [-0.4, -0.2) is 54.5 Å². The second-order valence-corrected chi connectivity index (χ2v) is 10.6. The van der Waals surface area contributed by atoms with E-state index in [0.29, 0.717) is 12.2 Å². The number of thioether (sulfide) groups is 1. The number of sulfone groups is 1. The van der Waals surface area contributed by atoms with Gasteiger partial charge in [0.2, 0.25) is 11.8 Å². The SMILES string of the molecule is CC(=O)Nc1ccc(SCC(=O)N(C2CCCC2)[C@H]2CCS(=O)(=O)C2)cc1. The molecule has 0 aromatic heterocycles. The van der Waals surface area contributed by atoms with E-state index in [1.165, 1.54) is 18.7 Å². The lowest BCUT2D eigenvalue weighted by Gasteiger charge is -2.34. The topological polar surface area (TPSA) is 83.6 Å². The summed E-state index contributed by atoms with van der Waals surface area (Å²) in [6, 6.07) is 7.39. The number of nitrogens with zero attached hydrogens (tertiary/aromatic N) is 1. The summed E-state index contributed by atoms with van der Waals surface area (Å²) in [4.78, 5) is 26.9. The number of hydrogen-bond donors (Lipinski definition) is 1. The first-order valence-corrected chi connectivity index (χ1v) is 12.2. The summed E-state index contributed by atoms with van der Waals surface area (Å²) < 4.78 is 23.8. The average Bonchev–Trinajstić information content (AvgIpc) is 3.24. The highest BCUT2D eigenvalue weighted by Crippen LogP contribution is 2.30. The first-order chi connectivity index (χ1) is 12.8. The molecule has 0 bridgehead atoms. The quantitative estimate of drug-likeness (QED) is 0.729. The highest BCUT2D eigenvalue weighted by atomic mass is 32.2. The Hall–Kier alpha value is -1.54. The van der Waals surface area contributed by atoms with Gasteiger partial charge in [-0.3, -0.25) is 9.59 Å². The van der Waals surface area contributed by atoms with Gasteiger partial charge in [0.15, 0.2) is 9.84 Å². The number of anilines is 1. The third-order valence-corrected chi connectivity index (χ3v) is 7.89. The second-order valence-electron chi connectivity index (χ2n) is 7.29. The molecule has 1 aromatic carbocycles. The van der Waals surface area contributed by atoms with Crippen molar-refractivity contribution in [2.75, 3.05) is 22.6 Å². The van der Waals surface area contributed by atoms with Gasteiger partial charge in [-0.05, 0) is 43.5 Å². The fourth-order valence-electron chi connectivity index (χ4n) is 3.94. The van der Waals surface area contributed by atoms with E-state index in [9.17, 15) is 18.0 Å². The number of nitrogens with one attached hydrogen (secondary N) is 1. The minimum absolute atomic E-state index is 0.0277. The molecule has 1 aliphatic heterocycles. The smallest absolute Gasteiger partial charge is 0.233 e. The zero-order valence-corrected chi connectivity index (χ0v) is 17.2. The second kappa shape index (κ2) is 8.65. The summed E-state index contributed by atoms with van der Waals surface area (Å²) in [5, 5.41) is 2.72. The van der Waals surface area contributed by atoms with Gasteiger partial charge in [-0.2, -0.15) is 0 Å². The van der Waals surface area contributed by atoms with E-state index in [4.69, 9.17) is 0 Å². The lowest BCUT2D eigenvalue weighted by Crippen LogP contribution is -2.47. The van der Waals surface area contributed by atoms with E-state index in [2.05, 4.69) is 5.32 Å². The number of benzene rings is 1. The molecule has 2 fully saturated rings. The standard InChI is InChI=1S/C19H26N2O4S2/c1-14(22)20-15-6-8-18(9-7-15)26-12-19(23)21(16-4-2-3-5-16)17-10-11-27(24,25)13-17/h6-9,16-17H,2-5,10-13H2,1H3,(H,20,22)/t17-/m0/s1. The maximum atomic E-state index is 13.0. The molecular formula is C19H26N2O4S2. The van der Waals surface area contributed by atoms with Gasteiger partial charge >= 0.3 is 0 Å². The predicted octanol–water partition coefficient (Wildman–Crippen LogP) is 2.70. The molecule has 27 heavy (non-hydrogen) atoms. The van der Waals surface area contributed by atoms with Crippen molar-refractivity contribution in [3.63, 3.8) is 0 Å². The highest BCUT2D eigenvalue weighted by molar-refractivity contribution is 8.00. The Morgan fingerprint density at radius 3 is 2.33 bits per heavy atom. The fraction of sp³-hybridized carbons (Fsp3) is 0.579. The normalized spacial score (nSPS) is 21.9. The Morgan fingerprint density at radius 2 is 1.78 bits per heavy atom. The maximum absolute atomic E-state index is 13.0. The zero-order valence-electron chi connectivity index (χ0n) is 15.5. The highest BCUT2D eigenvalue weighted by Gasteiger charge is 2.38. The molecule has 2 amide bonds. The van der Waals surface area contributed by atoms with Crippen molar-refractivity contribution < 1.29 is 18.0 Å². The van der Waals surface area contributed by atoms with Crippen LogP contribution in [-0.2, 0) is 19.4 Å².